The molecule has 1 amide bonds. The highest BCUT2D eigenvalue weighted by Crippen LogP contribution is 2.38. The van der Waals surface area contributed by atoms with E-state index in [1.807, 2.05) is 0 Å². The van der Waals surface area contributed by atoms with Crippen LogP contribution in [-0.4, -0.2) is 31.7 Å². The fourth-order valence-corrected chi connectivity index (χ4v) is 6.46. The summed E-state index contributed by atoms with van der Waals surface area (Å²) in [7, 11) is -3.57. The molecule has 140 valence electrons. The summed E-state index contributed by atoms with van der Waals surface area (Å²) in [5.41, 5.74) is 1.86. The molecule has 1 aromatic heterocycles. The van der Waals surface area contributed by atoms with Gasteiger partial charge in [-0.05, 0) is 55.9 Å². The molecular weight excluding hydrogens is 382 g/mol. The molecule has 4 rings (SSSR count). The van der Waals surface area contributed by atoms with E-state index in [1.54, 1.807) is 12.1 Å². The Hall–Kier alpha value is -2.21. The zero-order valence-corrected chi connectivity index (χ0v) is 16.3. The molecule has 27 heavy (non-hydrogen) atoms. The molecule has 6 nitrogen and oxygen atoms in total. The topological polar surface area (TPSA) is 90.3 Å². The molecular formula is C19H19N3O3S2. The van der Waals surface area contributed by atoms with Gasteiger partial charge < -0.3 is 5.32 Å². The highest BCUT2D eigenvalue weighted by Gasteiger charge is 2.28. The number of fused-ring (bicyclic) bond motifs is 1. The van der Waals surface area contributed by atoms with Crippen LogP contribution in [0.4, 0.5) is 5.00 Å². The second-order valence-corrected chi connectivity index (χ2v) is 9.81. The third-order valence-corrected chi connectivity index (χ3v) is 8.16. The average molecular weight is 402 g/mol. The fourth-order valence-electron chi connectivity index (χ4n) is 3.66. The largest absolute Gasteiger partial charge is 0.312 e. The van der Waals surface area contributed by atoms with Gasteiger partial charge >= 0.3 is 0 Å². The van der Waals surface area contributed by atoms with E-state index in [9.17, 15) is 18.5 Å². The number of carbonyl (C=O) groups is 1. The molecule has 2 heterocycles. The molecule has 0 unspecified atom stereocenters. The van der Waals surface area contributed by atoms with Crippen molar-refractivity contribution in [3.05, 3.63) is 45.8 Å². The third kappa shape index (κ3) is 3.27. The maximum Gasteiger partial charge on any atom is 0.256 e. The Kier molecular flexibility index (Phi) is 4.76. The van der Waals surface area contributed by atoms with Crippen LogP contribution in [0.2, 0.25) is 0 Å². The van der Waals surface area contributed by atoms with Gasteiger partial charge in [-0.1, -0.05) is 6.07 Å². The molecule has 0 radical (unpaired) electrons. The maximum atomic E-state index is 12.7. The highest BCUT2D eigenvalue weighted by molar-refractivity contribution is 7.89. The van der Waals surface area contributed by atoms with Gasteiger partial charge in [0.05, 0.1) is 10.5 Å². The van der Waals surface area contributed by atoms with Gasteiger partial charge in [0.15, 0.2) is 0 Å². The highest BCUT2D eigenvalue weighted by atomic mass is 32.2. The zero-order valence-electron chi connectivity index (χ0n) is 14.7. The smallest absolute Gasteiger partial charge is 0.256 e. The van der Waals surface area contributed by atoms with E-state index in [0.717, 1.165) is 42.5 Å². The first-order valence-corrected chi connectivity index (χ1v) is 11.2. The van der Waals surface area contributed by atoms with Gasteiger partial charge in [-0.3, -0.25) is 4.79 Å². The lowest BCUT2D eigenvalue weighted by atomic mass is 10.1. The van der Waals surface area contributed by atoms with Crippen LogP contribution in [0, 0.1) is 11.3 Å². The number of carbonyl (C=O) groups excluding carboxylic acids is 1. The fraction of sp³-hybridized carbons (Fsp3) is 0.368. The number of hydrogen-bond acceptors (Lipinski definition) is 5. The average Bonchev–Trinajstić information content (AvgIpc) is 3.39. The summed E-state index contributed by atoms with van der Waals surface area (Å²) in [6.07, 6.45) is 4.57. The predicted molar refractivity (Wildman–Crippen MR) is 103 cm³/mol. The summed E-state index contributed by atoms with van der Waals surface area (Å²) in [5.74, 6) is -0.398. The van der Waals surface area contributed by atoms with Crippen molar-refractivity contribution in [3.63, 3.8) is 0 Å². The van der Waals surface area contributed by atoms with Crippen LogP contribution in [0.25, 0.3) is 0 Å². The van der Waals surface area contributed by atoms with E-state index in [2.05, 4.69) is 11.4 Å². The second-order valence-electron chi connectivity index (χ2n) is 6.77. The van der Waals surface area contributed by atoms with Crippen molar-refractivity contribution in [2.75, 3.05) is 18.4 Å². The van der Waals surface area contributed by atoms with Crippen molar-refractivity contribution in [2.24, 2.45) is 0 Å². The molecule has 0 atom stereocenters. The van der Waals surface area contributed by atoms with Crippen LogP contribution >= 0.6 is 11.3 Å². The Morgan fingerprint density at radius 1 is 1.19 bits per heavy atom. The van der Waals surface area contributed by atoms with Gasteiger partial charge in [-0.2, -0.15) is 9.57 Å². The Morgan fingerprint density at radius 2 is 1.96 bits per heavy atom. The first-order valence-electron chi connectivity index (χ1n) is 8.97. The summed E-state index contributed by atoms with van der Waals surface area (Å²) >= 11 is 1.45. The molecule has 0 saturated carbocycles. The van der Waals surface area contributed by atoms with E-state index >= 15 is 0 Å². The number of rotatable bonds is 4. The molecule has 8 heteroatoms. The molecule has 0 bridgehead atoms. The first kappa shape index (κ1) is 18.2. The Balaban J connectivity index is 1.60. The zero-order chi connectivity index (χ0) is 19.0. The molecule has 1 aliphatic carbocycles. The van der Waals surface area contributed by atoms with E-state index in [0.29, 0.717) is 23.7 Å². The van der Waals surface area contributed by atoms with Crippen molar-refractivity contribution in [1.82, 2.24) is 4.31 Å². The SMILES string of the molecule is N#Cc1c(NC(=O)c2cccc(S(=O)(=O)N3CCCC3)c2)sc2c1CCC2. The van der Waals surface area contributed by atoms with Crippen molar-refractivity contribution >= 4 is 32.3 Å². The van der Waals surface area contributed by atoms with Gasteiger partial charge in [0, 0.05) is 23.5 Å². The molecule has 1 fully saturated rings. The molecule has 1 aliphatic heterocycles. The minimum atomic E-state index is -3.57. The van der Waals surface area contributed by atoms with Gasteiger partial charge in [0.1, 0.15) is 11.1 Å². The van der Waals surface area contributed by atoms with Crippen molar-refractivity contribution in [2.45, 2.75) is 37.0 Å². The number of nitrogens with zero attached hydrogens (tertiary/aromatic N) is 2. The lowest BCUT2D eigenvalue weighted by Crippen LogP contribution is -2.28. The number of nitriles is 1. The van der Waals surface area contributed by atoms with Crippen LogP contribution in [-0.2, 0) is 22.9 Å². The Bertz CT molecular complexity index is 1040. The lowest BCUT2D eigenvalue weighted by molar-refractivity contribution is 0.102. The predicted octanol–water partition coefficient (Wildman–Crippen LogP) is 3.15. The van der Waals surface area contributed by atoms with Crippen LogP contribution < -0.4 is 5.32 Å². The molecule has 1 N–H and O–H groups in total. The van der Waals surface area contributed by atoms with E-state index in [4.69, 9.17) is 0 Å². The molecule has 0 spiro atoms. The van der Waals surface area contributed by atoms with Crippen molar-refractivity contribution in [3.8, 4) is 6.07 Å². The number of sulfonamides is 1. The van der Waals surface area contributed by atoms with Gasteiger partial charge in [0.25, 0.3) is 5.91 Å². The third-order valence-electron chi connectivity index (χ3n) is 5.06. The summed E-state index contributed by atoms with van der Waals surface area (Å²) in [5, 5.41) is 12.8. The van der Waals surface area contributed by atoms with E-state index in [-0.39, 0.29) is 10.5 Å². The molecule has 1 aromatic carbocycles. The second kappa shape index (κ2) is 7.08. The quantitative estimate of drug-likeness (QED) is 0.852. The number of nitrogens with one attached hydrogen (secondary N) is 1. The van der Waals surface area contributed by atoms with E-state index < -0.39 is 15.9 Å². The Morgan fingerprint density at radius 3 is 2.70 bits per heavy atom. The summed E-state index contributed by atoms with van der Waals surface area (Å²) in [6, 6.07) is 8.30. The summed E-state index contributed by atoms with van der Waals surface area (Å²) in [4.78, 5) is 14.0. The van der Waals surface area contributed by atoms with Crippen molar-refractivity contribution < 1.29 is 13.2 Å². The number of aryl methyl sites for hydroxylation is 1. The monoisotopic (exact) mass is 401 g/mol. The van der Waals surface area contributed by atoms with E-state index in [1.165, 1.54) is 27.8 Å². The van der Waals surface area contributed by atoms with Crippen LogP contribution in [0.15, 0.2) is 29.2 Å². The maximum absolute atomic E-state index is 12.7. The minimum absolute atomic E-state index is 0.131. The van der Waals surface area contributed by atoms with Gasteiger partial charge in [-0.15, -0.1) is 11.3 Å². The summed E-state index contributed by atoms with van der Waals surface area (Å²) < 4.78 is 26.9. The number of amides is 1. The number of hydrogen-bond donors (Lipinski definition) is 1. The molecule has 2 aromatic rings. The minimum Gasteiger partial charge on any atom is -0.312 e. The number of benzene rings is 1. The number of thiophene rings is 1. The van der Waals surface area contributed by atoms with Crippen LogP contribution in [0.3, 0.4) is 0 Å². The molecule has 1 saturated heterocycles. The first-order chi connectivity index (χ1) is 13.0. The molecule has 2 aliphatic rings. The van der Waals surface area contributed by atoms with Crippen LogP contribution in [0.1, 0.15) is 45.6 Å². The number of anilines is 1. The normalized spacial score (nSPS) is 16.9. The summed E-state index contributed by atoms with van der Waals surface area (Å²) in [6.45, 7) is 1.04. The van der Waals surface area contributed by atoms with Crippen LogP contribution in [0.5, 0.6) is 0 Å². The van der Waals surface area contributed by atoms with Gasteiger partial charge in [0.2, 0.25) is 10.0 Å². The lowest BCUT2D eigenvalue weighted by Gasteiger charge is -2.16. The Labute approximate surface area is 162 Å². The standard InChI is InChI=1S/C19H19N3O3S2/c20-12-16-15-7-4-8-17(15)26-19(16)21-18(23)13-5-3-6-14(11-13)27(24,25)22-9-1-2-10-22/h3,5-6,11H,1-2,4,7-10H2,(H,21,23). The van der Waals surface area contributed by atoms with Gasteiger partial charge in [-0.25, -0.2) is 8.42 Å². The van der Waals surface area contributed by atoms with Crippen molar-refractivity contribution in [1.29, 1.82) is 5.26 Å².